The number of carbonyl (C=O) groups is 2. The van der Waals surface area contributed by atoms with Gasteiger partial charge in [0.1, 0.15) is 0 Å². The van der Waals surface area contributed by atoms with Crippen LogP contribution in [0.15, 0.2) is 36.4 Å². The number of amides is 2. The largest absolute Gasteiger partial charge is 0.336 e. The Hall–Kier alpha value is -3.86. The zero-order valence-corrected chi connectivity index (χ0v) is 17.0. The first-order valence-corrected chi connectivity index (χ1v) is 9.50. The first kappa shape index (κ1) is 21.8. The van der Waals surface area contributed by atoms with Gasteiger partial charge in [-0.2, -0.15) is 0 Å². The van der Waals surface area contributed by atoms with Crippen molar-refractivity contribution in [3.05, 3.63) is 73.3 Å². The van der Waals surface area contributed by atoms with E-state index < -0.39 is 27.1 Å². The highest BCUT2D eigenvalue weighted by Gasteiger charge is 2.25. The zero-order valence-electron chi connectivity index (χ0n) is 17.0. The Morgan fingerprint density at radius 2 is 1.58 bits per heavy atom. The van der Waals surface area contributed by atoms with Crippen LogP contribution in [0, 0.1) is 27.2 Å². The van der Waals surface area contributed by atoms with Crippen LogP contribution >= 0.6 is 0 Å². The minimum Gasteiger partial charge on any atom is -0.336 e. The topological polar surface area (TPSA) is 139 Å². The molecule has 2 amide bonds. The smallest absolute Gasteiger partial charge is 0.279 e. The number of hydrogen-bond donors (Lipinski definition) is 1. The number of carbonyl (C=O) groups excluding carboxylic acids is 2. The summed E-state index contributed by atoms with van der Waals surface area (Å²) in [5.41, 5.74) is -0.366. The second kappa shape index (κ2) is 8.88. The average molecular weight is 427 g/mol. The Morgan fingerprint density at radius 3 is 2.13 bits per heavy atom. The van der Waals surface area contributed by atoms with E-state index in [0.29, 0.717) is 24.3 Å². The van der Waals surface area contributed by atoms with Crippen LogP contribution in [-0.2, 0) is 0 Å². The van der Waals surface area contributed by atoms with E-state index in [1.807, 2.05) is 7.05 Å². The highest BCUT2D eigenvalue weighted by atomic mass is 16.6. The minimum absolute atomic E-state index is 0.0231. The lowest BCUT2D eigenvalue weighted by Gasteiger charge is -2.32. The fourth-order valence-electron chi connectivity index (χ4n) is 3.30. The second-order valence-electron chi connectivity index (χ2n) is 7.28. The number of rotatable bonds is 5. The maximum atomic E-state index is 12.6. The van der Waals surface area contributed by atoms with E-state index in [-0.39, 0.29) is 17.0 Å². The molecule has 162 valence electrons. The summed E-state index contributed by atoms with van der Waals surface area (Å²) in [5.74, 6) is -0.821. The molecule has 0 spiro atoms. The molecule has 0 bridgehead atoms. The van der Waals surface area contributed by atoms with Crippen molar-refractivity contribution < 1.29 is 19.4 Å². The molecule has 0 aromatic heterocycles. The van der Waals surface area contributed by atoms with Crippen LogP contribution in [0.25, 0.3) is 0 Å². The number of nitrogens with one attached hydrogen (secondary N) is 1. The van der Waals surface area contributed by atoms with Gasteiger partial charge in [0, 0.05) is 49.1 Å². The molecule has 1 saturated heterocycles. The third kappa shape index (κ3) is 4.83. The predicted octanol–water partition coefficient (Wildman–Crippen LogP) is 2.45. The molecule has 1 N–H and O–H groups in total. The maximum absolute atomic E-state index is 12.6. The summed E-state index contributed by atoms with van der Waals surface area (Å²) < 4.78 is 0. The van der Waals surface area contributed by atoms with Gasteiger partial charge in [0.05, 0.1) is 21.5 Å². The summed E-state index contributed by atoms with van der Waals surface area (Å²) in [6.45, 7) is 4.23. The van der Waals surface area contributed by atoms with Crippen LogP contribution in [0.5, 0.6) is 0 Å². The molecular weight excluding hydrogens is 406 g/mol. The average Bonchev–Trinajstić information content (AvgIpc) is 2.74. The standard InChI is InChI=1S/C20H21N5O6/c1-13-17(11-16(24(28)29)12-18(13)25(30)31)19(26)21-15-5-3-14(4-6-15)20(27)23-9-7-22(2)8-10-23/h3-6,11-12H,7-10H2,1-2H3,(H,21,26). The normalized spacial score (nSPS) is 14.2. The highest BCUT2D eigenvalue weighted by molar-refractivity contribution is 6.06. The van der Waals surface area contributed by atoms with Gasteiger partial charge >= 0.3 is 0 Å². The first-order chi connectivity index (χ1) is 14.7. The van der Waals surface area contributed by atoms with Gasteiger partial charge in [-0.25, -0.2) is 0 Å². The molecule has 11 nitrogen and oxygen atoms in total. The van der Waals surface area contributed by atoms with Crippen LogP contribution in [0.4, 0.5) is 17.1 Å². The second-order valence-corrected chi connectivity index (χ2v) is 7.28. The van der Waals surface area contributed by atoms with E-state index in [0.717, 1.165) is 25.2 Å². The molecule has 2 aromatic rings. The van der Waals surface area contributed by atoms with Crippen molar-refractivity contribution in [1.29, 1.82) is 0 Å². The molecule has 1 aliphatic heterocycles. The molecule has 11 heteroatoms. The number of piperazine rings is 1. The minimum atomic E-state index is -0.790. The lowest BCUT2D eigenvalue weighted by Crippen LogP contribution is -2.47. The van der Waals surface area contributed by atoms with E-state index in [1.165, 1.54) is 6.92 Å². The van der Waals surface area contributed by atoms with Crippen molar-refractivity contribution >= 4 is 28.9 Å². The fraction of sp³-hybridized carbons (Fsp3) is 0.300. The Balaban J connectivity index is 1.77. The molecule has 0 radical (unpaired) electrons. The number of nitro groups is 2. The number of non-ortho nitro benzene ring substituents is 1. The van der Waals surface area contributed by atoms with E-state index in [2.05, 4.69) is 10.2 Å². The maximum Gasteiger partial charge on any atom is 0.279 e. The summed E-state index contributed by atoms with van der Waals surface area (Å²) in [6.07, 6.45) is 0. The number of benzene rings is 2. The molecule has 0 aliphatic carbocycles. The van der Waals surface area contributed by atoms with Crippen LogP contribution < -0.4 is 5.32 Å². The van der Waals surface area contributed by atoms with Crippen molar-refractivity contribution in [2.45, 2.75) is 6.92 Å². The monoisotopic (exact) mass is 427 g/mol. The summed E-state index contributed by atoms with van der Waals surface area (Å²) >= 11 is 0. The van der Waals surface area contributed by atoms with Gasteiger partial charge in [-0.3, -0.25) is 29.8 Å². The Bertz CT molecular complexity index is 1040. The van der Waals surface area contributed by atoms with Crippen LogP contribution in [0.1, 0.15) is 26.3 Å². The molecule has 0 unspecified atom stereocenters. The lowest BCUT2D eigenvalue weighted by atomic mass is 10.0. The van der Waals surface area contributed by atoms with E-state index >= 15 is 0 Å². The summed E-state index contributed by atoms with van der Waals surface area (Å²) in [4.78, 5) is 49.9. The van der Waals surface area contributed by atoms with Gasteiger partial charge in [-0.05, 0) is 38.2 Å². The Labute approximate surface area is 177 Å². The number of nitro benzene ring substituents is 2. The van der Waals surface area contributed by atoms with Gasteiger partial charge < -0.3 is 15.1 Å². The number of anilines is 1. The van der Waals surface area contributed by atoms with Gasteiger partial charge in [-0.1, -0.05) is 0 Å². The van der Waals surface area contributed by atoms with Crippen molar-refractivity contribution in [2.24, 2.45) is 0 Å². The molecule has 0 atom stereocenters. The van der Waals surface area contributed by atoms with Crippen LogP contribution in [-0.4, -0.2) is 64.7 Å². The SMILES string of the molecule is Cc1c(C(=O)Nc2ccc(C(=O)N3CCN(C)CC3)cc2)cc([N+](=O)[O-])cc1[N+](=O)[O-]. The van der Waals surface area contributed by atoms with Crippen LogP contribution in [0.3, 0.4) is 0 Å². The van der Waals surface area contributed by atoms with Crippen molar-refractivity contribution in [3.8, 4) is 0 Å². The van der Waals surface area contributed by atoms with Crippen molar-refractivity contribution in [3.63, 3.8) is 0 Å². The van der Waals surface area contributed by atoms with Crippen molar-refractivity contribution in [1.82, 2.24) is 9.80 Å². The first-order valence-electron chi connectivity index (χ1n) is 9.50. The molecule has 1 aliphatic rings. The molecule has 3 rings (SSSR count). The predicted molar refractivity (Wildman–Crippen MR) is 112 cm³/mol. The fourth-order valence-corrected chi connectivity index (χ4v) is 3.30. The summed E-state index contributed by atoms with van der Waals surface area (Å²) in [6, 6.07) is 8.08. The quantitative estimate of drug-likeness (QED) is 0.571. The van der Waals surface area contributed by atoms with Gasteiger partial charge in [0.25, 0.3) is 23.2 Å². The summed E-state index contributed by atoms with van der Waals surface area (Å²) in [5, 5.41) is 24.8. The Kier molecular flexibility index (Phi) is 6.25. The van der Waals surface area contributed by atoms with Gasteiger partial charge in [0.15, 0.2) is 0 Å². The molecule has 2 aromatic carbocycles. The number of hydrogen-bond acceptors (Lipinski definition) is 7. The molecule has 1 fully saturated rings. The molecular formula is C20H21N5O6. The van der Waals surface area contributed by atoms with Gasteiger partial charge in [-0.15, -0.1) is 0 Å². The van der Waals surface area contributed by atoms with E-state index in [1.54, 1.807) is 29.2 Å². The highest BCUT2D eigenvalue weighted by Crippen LogP contribution is 2.28. The van der Waals surface area contributed by atoms with Gasteiger partial charge in [0.2, 0.25) is 0 Å². The van der Waals surface area contributed by atoms with E-state index in [4.69, 9.17) is 0 Å². The number of nitrogens with zero attached hydrogens (tertiary/aromatic N) is 4. The molecule has 31 heavy (non-hydrogen) atoms. The summed E-state index contributed by atoms with van der Waals surface area (Å²) in [7, 11) is 2.00. The third-order valence-corrected chi connectivity index (χ3v) is 5.20. The van der Waals surface area contributed by atoms with E-state index in [9.17, 15) is 29.8 Å². The zero-order chi connectivity index (χ0) is 22.7. The van der Waals surface area contributed by atoms with Crippen LogP contribution in [0.2, 0.25) is 0 Å². The molecule has 1 heterocycles. The third-order valence-electron chi connectivity index (χ3n) is 5.20. The number of likely N-dealkylation sites (N-methyl/N-ethyl adjacent to an activating group) is 1. The molecule has 0 saturated carbocycles. The van der Waals surface area contributed by atoms with Crippen molar-refractivity contribution in [2.75, 3.05) is 38.5 Å². The lowest BCUT2D eigenvalue weighted by molar-refractivity contribution is -0.394. The Morgan fingerprint density at radius 1 is 0.968 bits per heavy atom.